The highest BCUT2D eigenvalue weighted by Gasteiger charge is 2.44. The molecule has 0 unspecified atom stereocenters. The van der Waals surface area contributed by atoms with Crippen LogP contribution in [0.1, 0.15) is 86.8 Å². The minimum absolute atomic E-state index is 0.0161. The lowest BCUT2D eigenvalue weighted by Crippen LogP contribution is -2.57. The van der Waals surface area contributed by atoms with Crippen LogP contribution in [0.25, 0.3) is 0 Å². The van der Waals surface area contributed by atoms with Crippen LogP contribution in [0, 0.1) is 11.7 Å². The van der Waals surface area contributed by atoms with Gasteiger partial charge in [-0.2, -0.15) is 0 Å². The summed E-state index contributed by atoms with van der Waals surface area (Å²) in [5.74, 6) is -2.68. The molecule has 4 amide bonds. The summed E-state index contributed by atoms with van der Waals surface area (Å²) in [7, 11) is 1.55. The molecule has 5 rings (SSSR count). The maximum absolute atomic E-state index is 14.4. The molecule has 1 aromatic heterocycles. The summed E-state index contributed by atoms with van der Waals surface area (Å²) in [6, 6.07) is 8.03. The van der Waals surface area contributed by atoms with E-state index in [1.807, 2.05) is 38.1 Å². The number of likely N-dealkylation sites (N-methyl/N-ethyl adjacent to an activating group) is 1. The van der Waals surface area contributed by atoms with Gasteiger partial charge in [-0.3, -0.25) is 23.9 Å². The predicted octanol–water partition coefficient (Wildman–Crippen LogP) is 4.41. The molecule has 292 valence electrons. The van der Waals surface area contributed by atoms with Crippen LogP contribution < -0.4 is 15.4 Å². The van der Waals surface area contributed by atoms with E-state index in [1.165, 1.54) is 15.9 Å². The van der Waals surface area contributed by atoms with Gasteiger partial charge in [0.1, 0.15) is 42.0 Å². The lowest BCUT2D eigenvalue weighted by atomic mass is 10.0. The molecular weight excluding hydrogens is 761 g/mol. The number of nitrogens with one attached hydrogen (secondary N) is 2. The zero-order valence-corrected chi connectivity index (χ0v) is 32.8. The molecule has 0 spiro atoms. The number of hydrogen-bond donors (Lipinski definition) is 3. The van der Waals surface area contributed by atoms with Crippen LogP contribution in [-0.4, -0.2) is 97.9 Å². The maximum Gasteiger partial charge on any atom is 0.255 e. The fraction of sp³-hybridized carbons (Fsp3) is 0.538. The van der Waals surface area contributed by atoms with E-state index in [1.54, 1.807) is 17.9 Å². The first-order valence-electron chi connectivity index (χ1n) is 18.8. The normalized spacial score (nSPS) is 23.0. The zero-order valence-electron chi connectivity index (χ0n) is 31.2. The minimum Gasteiger partial charge on any atom is -0.486 e. The highest BCUT2D eigenvalue weighted by Crippen LogP contribution is 2.26. The molecule has 0 saturated carbocycles. The second-order valence-corrected chi connectivity index (χ2v) is 15.6. The number of ether oxygens (including phenoxy) is 1. The van der Waals surface area contributed by atoms with E-state index in [0.29, 0.717) is 18.8 Å². The van der Waals surface area contributed by atoms with Gasteiger partial charge < -0.3 is 30.3 Å². The molecule has 15 heteroatoms. The highest BCUT2D eigenvalue weighted by molar-refractivity contribution is 9.10. The van der Waals surface area contributed by atoms with E-state index >= 15 is 0 Å². The number of nitrogens with zero attached hydrogens (tertiary/aromatic N) is 5. The van der Waals surface area contributed by atoms with Gasteiger partial charge in [0, 0.05) is 50.1 Å². The second-order valence-electron chi connectivity index (χ2n) is 14.7. The number of hydrogen-bond acceptors (Lipinski definition) is 8. The molecule has 13 nitrogen and oxygen atoms in total. The van der Waals surface area contributed by atoms with Crippen molar-refractivity contribution in [3.63, 3.8) is 0 Å². The van der Waals surface area contributed by atoms with E-state index in [4.69, 9.17) is 4.74 Å². The number of aliphatic hydroxyl groups is 1. The van der Waals surface area contributed by atoms with Gasteiger partial charge in [0.2, 0.25) is 17.7 Å². The minimum atomic E-state index is -1.08. The number of halogens is 2. The Morgan fingerprint density at radius 1 is 1.00 bits per heavy atom. The predicted molar refractivity (Wildman–Crippen MR) is 203 cm³/mol. The summed E-state index contributed by atoms with van der Waals surface area (Å²) < 4.78 is 22.9. The molecule has 0 radical (unpaired) electrons. The number of aromatic nitrogens is 3. The molecule has 2 aliphatic heterocycles. The number of carbonyl (C=O) groups excluding carboxylic acids is 4. The first-order chi connectivity index (χ1) is 25.9. The maximum atomic E-state index is 14.4. The van der Waals surface area contributed by atoms with Gasteiger partial charge in [-0.05, 0) is 55.0 Å². The van der Waals surface area contributed by atoms with E-state index in [-0.39, 0.29) is 55.6 Å². The van der Waals surface area contributed by atoms with Crippen LogP contribution in [0.5, 0.6) is 5.75 Å². The molecule has 4 atom stereocenters. The smallest absolute Gasteiger partial charge is 0.255 e. The van der Waals surface area contributed by atoms with Crippen molar-refractivity contribution in [2.75, 3.05) is 20.1 Å². The Bertz CT molecular complexity index is 1760. The third-order valence-electron chi connectivity index (χ3n) is 9.88. The molecule has 2 aliphatic rings. The number of fused-ring (bicyclic) bond motifs is 4. The second kappa shape index (κ2) is 19.3. The summed E-state index contributed by atoms with van der Waals surface area (Å²) in [5, 5.41) is 25.0. The molecule has 1 fully saturated rings. The Balaban J connectivity index is 1.43. The fourth-order valence-electron chi connectivity index (χ4n) is 6.96. The monoisotopic (exact) mass is 811 g/mol. The van der Waals surface area contributed by atoms with Crippen LogP contribution in [0.15, 0.2) is 53.1 Å². The van der Waals surface area contributed by atoms with E-state index in [2.05, 4.69) is 36.9 Å². The van der Waals surface area contributed by atoms with Gasteiger partial charge in [-0.25, -0.2) is 4.39 Å². The van der Waals surface area contributed by atoms with Gasteiger partial charge in [0.25, 0.3) is 5.91 Å². The number of amides is 4. The van der Waals surface area contributed by atoms with Crippen molar-refractivity contribution in [1.82, 2.24) is 35.4 Å². The summed E-state index contributed by atoms with van der Waals surface area (Å²) >= 11 is 3.45. The first kappa shape index (κ1) is 40.8. The van der Waals surface area contributed by atoms with Crippen molar-refractivity contribution in [3.05, 3.63) is 75.8 Å². The number of rotatable bonds is 4. The molecule has 1 saturated heterocycles. The number of carbonyl (C=O) groups is 4. The van der Waals surface area contributed by atoms with E-state index < -0.39 is 47.8 Å². The highest BCUT2D eigenvalue weighted by atomic mass is 79.9. The molecule has 3 N–H and O–H groups in total. The Morgan fingerprint density at radius 2 is 1.72 bits per heavy atom. The summed E-state index contributed by atoms with van der Waals surface area (Å²) in [5.41, 5.74) is 1.37. The quantitative estimate of drug-likeness (QED) is 0.350. The Labute approximate surface area is 324 Å². The molecule has 3 heterocycles. The van der Waals surface area contributed by atoms with Crippen molar-refractivity contribution in [2.24, 2.45) is 5.92 Å². The van der Waals surface area contributed by atoms with Crippen LogP contribution >= 0.6 is 15.9 Å². The number of aryl methyl sites for hydroxylation is 1. The summed E-state index contributed by atoms with van der Waals surface area (Å²) in [6.45, 7) is 4.75. The third-order valence-corrected chi connectivity index (χ3v) is 10.4. The Hall–Kier alpha value is -4.37. The van der Waals surface area contributed by atoms with E-state index in [9.17, 15) is 28.7 Å². The fourth-order valence-corrected chi connectivity index (χ4v) is 7.23. The summed E-state index contributed by atoms with van der Waals surface area (Å²) in [4.78, 5) is 58.8. The largest absolute Gasteiger partial charge is 0.486 e. The Morgan fingerprint density at radius 3 is 2.46 bits per heavy atom. The molecule has 0 aliphatic carbocycles. The average Bonchev–Trinajstić information content (AvgIpc) is 3.77. The Kier molecular flexibility index (Phi) is 14.6. The van der Waals surface area contributed by atoms with Gasteiger partial charge >= 0.3 is 0 Å². The van der Waals surface area contributed by atoms with Crippen molar-refractivity contribution < 1.29 is 33.4 Å². The standard InChI is InChI=1S/C39H51BrFN7O6/c1-25(2)18-32-38(52)48-23-30(49)21-34(48)39(53)46(3)33(19-26-10-12-27(40)13-11-26)37(51)42-16-8-6-4-5-7-9-17-47-22-29(44-45-47)24-54-35-20-28(41)14-15-31(35)36(50)43-32/h10-15,20,22,25,30,32-34,49H,4-9,16-19,21,23-24H2,1-3H3,(H,42,51)(H,43,50)/t30-,32+,33-,34+/m0/s1. The molecular formula is C39H51BrFN7O6. The van der Waals surface area contributed by atoms with Crippen molar-refractivity contribution in [3.8, 4) is 5.75 Å². The molecule has 2 bridgehead atoms. The lowest BCUT2D eigenvalue weighted by molar-refractivity contribution is -0.147. The lowest BCUT2D eigenvalue weighted by Gasteiger charge is -2.34. The SMILES string of the molecule is CC(C)C[C@H]1NC(=O)c2ccc(F)cc2OCc2cn(nn2)CCCCCCCCNC(=O)[C@H](Cc2ccc(Br)cc2)N(C)C(=O)[C@H]2C[C@H](O)CN2C1=O. The van der Waals surface area contributed by atoms with Gasteiger partial charge in [0.15, 0.2) is 0 Å². The number of benzene rings is 2. The van der Waals surface area contributed by atoms with Gasteiger partial charge in [-0.15, -0.1) is 5.10 Å². The first-order valence-corrected chi connectivity index (χ1v) is 19.6. The van der Waals surface area contributed by atoms with Crippen molar-refractivity contribution in [1.29, 1.82) is 0 Å². The van der Waals surface area contributed by atoms with Crippen LogP contribution in [0.3, 0.4) is 0 Å². The molecule has 2 aromatic carbocycles. The topological polar surface area (TPSA) is 159 Å². The van der Waals surface area contributed by atoms with Crippen LogP contribution in [0.4, 0.5) is 4.39 Å². The van der Waals surface area contributed by atoms with Crippen LogP contribution in [-0.2, 0) is 34.0 Å². The van der Waals surface area contributed by atoms with E-state index in [0.717, 1.165) is 60.7 Å². The van der Waals surface area contributed by atoms with Crippen molar-refractivity contribution in [2.45, 2.75) is 109 Å². The number of aliphatic hydroxyl groups excluding tert-OH is 1. The zero-order chi connectivity index (χ0) is 38.8. The van der Waals surface area contributed by atoms with Gasteiger partial charge in [-0.1, -0.05) is 72.8 Å². The molecule has 54 heavy (non-hydrogen) atoms. The summed E-state index contributed by atoms with van der Waals surface area (Å²) in [6.07, 6.45) is 6.85. The average molecular weight is 813 g/mol. The van der Waals surface area contributed by atoms with Crippen LogP contribution in [0.2, 0.25) is 0 Å². The third kappa shape index (κ3) is 11.1. The molecule has 3 aromatic rings. The van der Waals surface area contributed by atoms with Gasteiger partial charge in [0.05, 0.1) is 17.9 Å². The van der Waals surface area contributed by atoms with Crippen molar-refractivity contribution >= 4 is 39.6 Å².